The van der Waals surface area contributed by atoms with E-state index in [9.17, 15) is 9.13 Å². The number of para-hydroxylation sites is 1. The number of hydrogen-bond donors (Lipinski definition) is 2. The smallest absolute Gasteiger partial charge is 0.404 e. The molecule has 1 atom stereocenters. The highest BCUT2D eigenvalue weighted by molar-refractivity contribution is 7.49. The molecular weight excluding hydrogens is 634 g/mol. The highest BCUT2D eigenvalue weighted by Crippen LogP contribution is 2.50. The van der Waals surface area contributed by atoms with Gasteiger partial charge in [0.15, 0.2) is 0 Å². The molecule has 0 spiro atoms. The fraction of sp³-hybridized carbons (Fsp3) is 0.514. The Balaban J connectivity index is 0.000000343. The van der Waals surface area contributed by atoms with Crippen LogP contribution in [0.4, 0.5) is 0 Å². The molecular formula is C37H56O8P2. The van der Waals surface area contributed by atoms with Gasteiger partial charge in [-0.15, -0.1) is 0 Å². The van der Waals surface area contributed by atoms with Crippen LogP contribution in [0.15, 0.2) is 72.8 Å². The Morgan fingerprint density at radius 2 is 1.15 bits per heavy atom. The molecule has 0 amide bonds. The van der Waals surface area contributed by atoms with E-state index in [2.05, 4.69) is 20.8 Å². The minimum Gasteiger partial charge on any atom is -0.404 e. The van der Waals surface area contributed by atoms with Crippen LogP contribution in [0.3, 0.4) is 0 Å². The van der Waals surface area contributed by atoms with E-state index in [-0.39, 0.29) is 0 Å². The Bertz CT molecular complexity index is 1300. The fourth-order valence-corrected chi connectivity index (χ4v) is 6.55. The van der Waals surface area contributed by atoms with Gasteiger partial charge in [-0.1, -0.05) is 132 Å². The molecule has 0 aliphatic rings. The van der Waals surface area contributed by atoms with Crippen molar-refractivity contribution in [1.29, 1.82) is 0 Å². The Hall–Kier alpha value is -2.60. The molecule has 0 saturated carbocycles. The average molecular weight is 691 g/mol. The lowest BCUT2D eigenvalue weighted by atomic mass is 10.0. The summed E-state index contributed by atoms with van der Waals surface area (Å²) in [6, 6.07) is 21.8. The number of aryl methyl sites for hydroxylation is 3. The van der Waals surface area contributed by atoms with E-state index in [1.165, 1.54) is 32.1 Å². The zero-order valence-corrected chi connectivity index (χ0v) is 30.7. The van der Waals surface area contributed by atoms with E-state index < -0.39 is 15.6 Å². The topological polar surface area (TPSA) is 112 Å². The summed E-state index contributed by atoms with van der Waals surface area (Å²) in [5, 5.41) is 0. The molecule has 0 aliphatic carbocycles. The van der Waals surface area contributed by atoms with Crippen molar-refractivity contribution in [3.8, 4) is 17.2 Å². The molecule has 0 aromatic heterocycles. The van der Waals surface area contributed by atoms with Gasteiger partial charge in [0.2, 0.25) is 0 Å². The van der Waals surface area contributed by atoms with E-state index in [4.69, 9.17) is 27.9 Å². The van der Waals surface area contributed by atoms with E-state index in [1.54, 1.807) is 36.4 Å². The van der Waals surface area contributed by atoms with Gasteiger partial charge < -0.3 is 13.6 Å². The second kappa shape index (κ2) is 22.1. The van der Waals surface area contributed by atoms with Gasteiger partial charge in [-0.2, -0.15) is 0 Å². The predicted octanol–water partition coefficient (Wildman–Crippen LogP) is 11.6. The molecule has 0 bridgehead atoms. The van der Waals surface area contributed by atoms with Gasteiger partial charge in [-0.3, -0.25) is 14.3 Å². The lowest BCUT2D eigenvalue weighted by molar-refractivity contribution is 0.170. The zero-order chi connectivity index (χ0) is 34.5. The van der Waals surface area contributed by atoms with E-state index >= 15 is 0 Å². The summed E-state index contributed by atoms with van der Waals surface area (Å²) >= 11 is 0. The summed E-state index contributed by atoms with van der Waals surface area (Å²) in [7, 11) is -8.26. The first kappa shape index (κ1) is 40.6. The molecule has 1 unspecified atom stereocenters. The monoisotopic (exact) mass is 690 g/mol. The molecule has 47 heavy (non-hydrogen) atoms. The highest BCUT2D eigenvalue weighted by Gasteiger charge is 2.32. The molecule has 2 N–H and O–H groups in total. The summed E-state index contributed by atoms with van der Waals surface area (Å²) in [6.45, 7) is 10.8. The minimum absolute atomic E-state index is 0.298. The Labute approximate surface area is 283 Å². The van der Waals surface area contributed by atoms with Crippen molar-refractivity contribution in [2.75, 3.05) is 6.61 Å². The Morgan fingerprint density at radius 1 is 0.638 bits per heavy atom. The molecule has 8 nitrogen and oxygen atoms in total. The van der Waals surface area contributed by atoms with Gasteiger partial charge in [-0.25, -0.2) is 9.13 Å². The van der Waals surface area contributed by atoms with Crippen molar-refractivity contribution >= 4 is 15.6 Å². The average Bonchev–Trinajstić information content (AvgIpc) is 3.03. The Kier molecular flexibility index (Phi) is 19.1. The number of phosphoric ester groups is 2. The number of phosphoric acid groups is 2. The molecule has 10 heteroatoms. The van der Waals surface area contributed by atoms with Crippen molar-refractivity contribution < 1.29 is 37.0 Å². The first-order valence-electron chi connectivity index (χ1n) is 17.1. The second-order valence-corrected chi connectivity index (χ2v) is 14.7. The van der Waals surface area contributed by atoms with Crippen LogP contribution in [0.2, 0.25) is 0 Å². The maximum absolute atomic E-state index is 13.3. The maximum atomic E-state index is 13.3. The standard InChI is InChI=1S/C22H31O4P.C15H25O4P/c1-5-7-8-20(6-2)17-24-27(23,25-21-13-9-18(3)10-14-21)26-22-15-11-19(4)12-16-22;1-2-3-4-5-6-7-8-11-14-12-9-10-13-15(14)19-20(16,17)18/h9-16,20H,5-8,17H2,1-4H3;9-10,12-13H,2-8,11H2,1H3,(H2,16,17,18). The van der Waals surface area contributed by atoms with Crippen LogP contribution in [-0.2, 0) is 20.1 Å². The number of hydrogen-bond acceptors (Lipinski definition) is 6. The Morgan fingerprint density at radius 3 is 1.66 bits per heavy atom. The van der Waals surface area contributed by atoms with Crippen LogP contribution in [0.25, 0.3) is 0 Å². The van der Waals surface area contributed by atoms with Crippen LogP contribution in [0.1, 0.15) is 108 Å². The summed E-state index contributed by atoms with van der Waals surface area (Å²) in [5.41, 5.74) is 3.07. The lowest BCUT2D eigenvalue weighted by Crippen LogP contribution is -2.12. The minimum atomic E-state index is -4.47. The van der Waals surface area contributed by atoms with E-state index in [0.29, 0.717) is 29.8 Å². The van der Waals surface area contributed by atoms with Crippen molar-refractivity contribution in [3.05, 3.63) is 89.5 Å². The van der Waals surface area contributed by atoms with Crippen LogP contribution >= 0.6 is 15.6 Å². The third-order valence-electron chi connectivity index (χ3n) is 7.73. The first-order chi connectivity index (χ1) is 22.5. The number of rotatable bonds is 21. The predicted molar refractivity (Wildman–Crippen MR) is 191 cm³/mol. The summed E-state index contributed by atoms with van der Waals surface area (Å²) < 4.78 is 46.1. The normalized spacial score (nSPS) is 12.1. The van der Waals surface area contributed by atoms with Gasteiger partial charge in [-0.05, 0) is 74.9 Å². The molecule has 0 heterocycles. The molecule has 0 fully saturated rings. The van der Waals surface area contributed by atoms with E-state index in [0.717, 1.165) is 61.6 Å². The SMILES string of the molecule is CCCCC(CC)COP(=O)(Oc1ccc(C)cc1)Oc1ccc(C)cc1.CCCCCCCCCc1ccccc1OP(=O)(O)O. The van der Waals surface area contributed by atoms with Crippen LogP contribution in [-0.4, -0.2) is 16.4 Å². The summed E-state index contributed by atoms with van der Waals surface area (Å²) in [6.07, 6.45) is 13.6. The molecule has 0 saturated heterocycles. The van der Waals surface area contributed by atoms with Crippen LogP contribution < -0.4 is 13.6 Å². The number of benzene rings is 3. The summed E-state index contributed by atoms with van der Waals surface area (Å²) in [5.74, 6) is 1.57. The van der Waals surface area contributed by atoms with Crippen molar-refractivity contribution in [2.24, 2.45) is 5.92 Å². The summed E-state index contributed by atoms with van der Waals surface area (Å²) in [4.78, 5) is 17.8. The van der Waals surface area contributed by atoms with Gasteiger partial charge >= 0.3 is 15.6 Å². The third kappa shape index (κ3) is 17.9. The maximum Gasteiger partial charge on any atom is 0.587 e. The van der Waals surface area contributed by atoms with Crippen LogP contribution in [0.5, 0.6) is 17.2 Å². The number of unbranched alkanes of at least 4 members (excludes halogenated alkanes) is 7. The van der Waals surface area contributed by atoms with Crippen molar-refractivity contribution in [3.63, 3.8) is 0 Å². The zero-order valence-electron chi connectivity index (χ0n) is 28.9. The van der Waals surface area contributed by atoms with Gasteiger partial charge in [0.1, 0.15) is 17.2 Å². The van der Waals surface area contributed by atoms with E-state index in [1.807, 2.05) is 50.2 Å². The highest BCUT2D eigenvalue weighted by atomic mass is 31.2. The second-order valence-electron chi connectivity index (χ2n) is 12.0. The van der Waals surface area contributed by atoms with Gasteiger partial charge in [0.05, 0.1) is 6.61 Å². The molecule has 0 aliphatic heterocycles. The van der Waals surface area contributed by atoms with Gasteiger partial charge in [0.25, 0.3) is 0 Å². The first-order valence-corrected chi connectivity index (χ1v) is 20.1. The van der Waals surface area contributed by atoms with Crippen molar-refractivity contribution in [2.45, 2.75) is 112 Å². The lowest BCUT2D eigenvalue weighted by Gasteiger charge is -2.22. The largest absolute Gasteiger partial charge is 0.587 e. The molecule has 3 rings (SSSR count). The van der Waals surface area contributed by atoms with Crippen LogP contribution in [0, 0.1) is 19.8 Å². The van der Waals surface area contributed by atoms with Crippen molar-refractivity contribution in [1.82, 2.24) is 0 Å². The molecule has 262 valence electrons. The molecule has 3 aromatic rings. The third-order valence-corrected chi connectivity index (χ3v) is 9.50. The molecule has 3 aromatic carbocycles. The van der Waals surface area contributed by atoms with Gasteiger partial charge in [0, 0.05) is 0 Å². The quantitative estimate of drug-likeness (QED) is 0.0839. The molecule has 0 radical (unpaired) electrons. The fourth-order valence-electron chi connectivity index (χ4n) is 4.82.